The number of hydrogen-bond acceptors (Lipinski definition) is 3. The molecule has 4 heteroatoms. The Balaban J connectivity index is 2.47. The summed E-state index contributed by atoms with van der Waals surface area (Å²) in [5.74, 6) is 0. The van der Waals surface area contributed by atoms with Crippen LogP contribution in [0.15, 0.2) is 6.20 Å². The Morgan fingerprint density at radius 1 is 1.44 bits per heavy atom. The molecule has 0 aliphatic heterocycles. The highest BCUT2D eigenvalue weighted by molar-refractivity contribution is 4.94. The SMILES string of the molecule is CCCC(C)NCc1cn(C(C)(C)C)nn1. The molecule has 1 atom stereocenters. The van der Waals surface area contributed by atoms with Gasteiger partial charge < -0.3 is 5.32 Å². The van der Waals surface area contributed by atoms with Crippen LogP contribution in [0, 0.1) is 0 Å². The molecule has 0 aromatic carbocycles. The first-order chi connectivity index (χ1) is 7.43. The molecule has 0 spiro atoms. The smallest absolute Gasteiger partial charge is 0.0965 e. The standard InChI is InChI=1S/C12H24N4/c1-6-7-10(2)13-8-11-9-16(15-14-11)12(3,4)5/h9-10,13H,6-8H2,1-5H3. The van der Waals surface area contributed by atoms with Crippen LogP contribution >= 0.6 is 0 Å². The molecule has 4 nitrogen and oxygen atoms in total. The number of nitrogens with zero attached hydrogens (tertiary/aromatic N) is 3. The molecular formula is C12H24N4. The molecule has 0 amide bonds. The molecule has 0 fully saturated rings. The number of hydrogen-bond donors (Lipinski definition) is 1. The number of aromatic nitrogens is 3. The van der Waals surface area contributed by atoms with Gasteiger partial charge in [-0.15, -0.1) is 5.10 Å². The van der Waals surface area contributed by atoms with E-state index in [1.165, 1.54) is 12.8 Å². The van der Waals surface area contributed by atoms with Gasteiger partial charge in [0.25, 0.3) is 0 Å². The van der Waals surface area contributed by atoms with Crippen molar-refractivity contribution in [2.75, 3.05) is 0 Å². The minimum atomic E-state index is 0.0142. The van der Waals surface area contributed by atoms with Crippen LogP contribution in [-0.2, 0) is 12.1 Å². The van der Waals surface area contributed by atoms with Gasteiger partial charge in [0.1, 0.15) is 0 Å². The van der Waals surface area contributed by atoms with Crippen molar-refractivity contribution in [1.82, 2.24) is 20.3 Å². The van der Waals surface area contributed by atoms with E-state index in [9.17, 15) is 0 Å². The maximum atomic E-state index is 4.17. The van der Waals surface area contributed by atoms with Crippen molar-refractivity contribution in [2.45, 2.75) is 65.6 Å². The van der Waals surface area contributed by atoms with Gasteiger partial charge in [-0.1, -0.05) is 18.6 Å². The monoisotopic (exact) mass is 224 g/mol. The van der Waals surface area contributed by atoms with Crippen LogP contribution in [0.3, 0.4) is 0 Å². The molecule has 0 saturated carbocycles. The van der Waals surface area contributed by atoms with E-state index >= 15 is 0 Å². The first-order valence-corrected chi connectivity index (χ1v) is 6.08. The summed E-state index contributed by atoms with van der Waals surface area (Å²) < 4.78 is 1.91. The highest BCUT2D eigenvalue weighted by atomic mass is 15.4. The molecule has 0 aliphatic carbocycles. The minimum Gasteiger partial charge on any atom is -0.309 e. The molecule has 16 heavy (non-hydrogen) atoms. The van der Waals surface area contributed by atoms with Crippen LogP contribution in [0.4, 0.5) is 0 Å². The maximum Gasteiger partial charge on any atom is 0.0965 e. The quantitative estimate of drug-likeness (QED) is 0.834. The lowest BCUT2D eigenvalue weighted by Crippen LogP contribution is -2.25. The summed E-state index contributed by atoms with van der Waals surface area (Å²) in [6.45, 7) is 11.6. The Morgan fingerprint density at radius 2 is 2.12 bits per heavy atom. The largest absolute Gasteiger partial charge is 0.309 e. The van der Waals surface area contributed by atoms with Gasteiger partial charge in [-0.3, -0.25) is 0 Å². The third kappa shape index (κ3) is 3.93. The van der Waals surface area contributed by atoms with E-state index in [1.54, 1.807) is 0 Å². The highest BCUT2D eigenvalue weighted by Crippen LogP contribution is 2.11. The lowest BCUT2D eigenvalue weighted by molar-refractivity contribution is 0.347. The molecule has 0 saturated heterocycles. The third-order valence-electron chi connectivity index (χ3n) is 2.58. The van der Waals surface area contributed by atoms with Crippen LogP contribution in [0.25, 0.3) is 0 Å². The summed E-state index contributed by atoms with van der Waals surface area (Å²) in [6.07, 6.45) is 4.43. The van der Waals surface area contributed by atoms with Gasteiger partial charge in [0.05, 0.1) is 17.4 Å². The van der Waals surface area contributed by atoms with Crippen LogP contribution < -0.4 is 5.32 Å². The summed E-state index contributed by atoms with van der Waals surface area (Å²) in [5, 5.41) is 11.8. The van der Waals surface area contributed by atoms with E-state index in [1.807, 2.05) is 10.9 Å². The van der Waals surface area contributed by atoms with Crippen molar-refractivity contribution in [1.29, 1.82) is 0 Å². The van der Waals surface area contributed by atoms with Crippen molar-refractivity contribution in [2.24, 2.45) is 0 Å². The second-order valence-corrected chi connectivity index (χ2v) is 5.40. The second-order valence-electron chi connectivity index (χ2n) is 5.40. The molecule has 0 radical (unpaired) electrons. The molecule has 1 heterocycles. The van der Waals surface area contributed by atoms with Crippen molar-refractivity contribution in [3.8, 4) is 0 Å². The molecule has 1 N–H and O–H groups in total. The zero-order valence-corrected chi connectivity index (χ0v) is 11.1. The summed E-state index contributed by atoms with van der Waals surface area (Å²) in [5.41, 5.74) is 1.03. The van der Waals surface area contributed by atoms with Crippen molar-refractivity contribution < 1.29 is 0 Å². The predicted octanol–water partition coefficient (Wildman–Crippen LogP) is 2.31. The van der Waals surface area contributed by atoms with E-state index in [0.717, 1.165) is 12.2 Å². The van der Waals surface area contributed by atoms with Gasteiger partial charge >= 0.3 is 0 Å². The van der Waals surface area contributed by atoms with Crippen molar-refractivity contribution in [3.05, 3.63) is 11.9 Å². The highest BCUT2D eigenvalue weighted by Gasteiger charge is 2.14. The van der Waals surface area contributed by atoms with Crippen LogP contribution in [0.1, 0.15) is 53.2 Å². The zero-order valence-electron chi connectivity index (χ0n) is 11.1. The zero-order chi connectivity index (χ0) is 12.2. The van der Waals surface area contributed by atoms with Crippen LogP contribution in [-0.4, -0.2) is 21.0 Å². The fraction of sp³-hybridized carbons (Fsp3) is 0.833. The predicted molar refractivity (Wildman–Crippen MR) is 66.2 cm³/mol. The average molecular weight is 224 g/mol. The van der Waals surface area contributed by atoms with Crippen molar-refractivity contribution in [3.63, 3.8) is 0 Å². The van der Waals surface area contributed by atoms with Gasteiger partial charge in [-0.05, 0) is 34.1 Å². The molecule has 1 rings (SSSR count). The molecule has 92 valence electrons. The Kier molecular flexibility index (Phi) is 4.47. The maximum absolute atomic E-state index is 4.17. The van der Waals surface area contributed by atoms with Crippen LogP contribution in [0.2, 0.25) is 0 Å². The summed E-state index contributed by atoms with van der Waals surface area (Å²) >= 11 is 0. The summed E-state index contributed by atoms with van der Waals surface area (Å²) in [4.78, 5) is 0. The summed E-state index contributed by atoms with van der Waals surface area (Å²) in [7, 11) is 0. The number of rotatable bonds is 5. The van der Waals surface area contributed by atoms with Crippen molar-refractivity contribution >= 4 is 0 Å². The Hall–Kier alpha value is -0.900. The molecule has 0 bridgehead atoms. The molecule has 1 aromatic rings. The van der Waals surface area contributed by atoms with E-state index < -0.39 is 0 Å². The Morgan fingerprint density at radius 3 is 2.62 bits per heavy atom. The van der Waals surface area contributed by atoms with Gasteiger partial charge in [0, 0.05) is 12.6 Å². The first-order valence-electron chi connectivity index (χ1n) is 6.08. The molecular weight excluding hydrogens is 200 g/mol. The Labute approximate surface area is 98.4 Å². The lowest BCUT2D eigenvalue weighted by atomic mass is 10.1. The Bertz CT molecular complexity index is 311. The van der Waals surface area contributed by atoms with Gasteiger partial charge in [0.2, 0.25) is 0 Å². The van der Waals surface area contributed by atoms with Gasteiger partial charge in [-0.2, -0.15) is 0 Å². The topological polar surface area (TPSA) is 42.7 Å². The number of nitrogens with one attached hydrogen (secondary N) is 1. The minimum absolute atomic E-state index is 0.0142. The van der Waals surface area contributed by atoms with E-state index in [4.69, 9.17) is 0 Å². The second kappa shape index (κ2) is 5.43. The first kappa shape index (κ1) is 13.2. The van der Waals surface area contributed by atoms with E-state index in [-0.39, 0.29) is 5.54 Å². The third-order valence-corrected chi connectivity index (χ3v) is 2.58. The average Bonchev–Trinajstić information content (AvgIpc) is 2.63. The fourth-order valence-electron chi connectivity index (χ4n) is 1.52. The van der Waals surface area contributed by atoms with Crippen LogP contribution in [0.5, 0.6) is 0 Å². The van der Waals surface area contributed by atoms with Gasteiger partial charge in [-0.25, -0.2) is 4.68 Å². The summed E-state index contributed by atoms with van der Waals surface area (Å²) in [6, 6.07) is 0.546. The molecule has 0 aliphatic rings. The van der Waals surface area contributed by atoms with E-state index in [0.29, 0.717) is 6.04 Å². The van der Waals surface area contributed by atoms with Gasteiger partial charge in [0.15, 0.2) is 0 Å². The fourth-order valence-corrected chi connectivity index (χ4v) is 1.52. The van der Waals surface area contributed by atoms with E-state index in [2.05, 4.69) is 50.2 Å². The normalized spacial score (nSPS) is 14.1. The molecule has 1 unspecified atom stereocenters. The molecule has 1 aromatic heterocycles. The lowest BCUT2D eigenvalue weighted by Gasteiger charge is -2.17.